The Balaban J connectivity index is 1.58. The maximum Gasteiger partial charge on any atom is 0.187 e. The third kappa shape index (κ3) is 4.01. The SMILES string of the molecule is COCC(C)(C)c1cccc2ccc(-c3nnc4ccc([C@H](C)N5CC[C@H](N)C5)cn34)nc12. The average molecular weight is 445 g/mol. The first kappa shape index (κ1) is 21.9. The summed E-state index contributed by atoms with van der Waals surface area (Å²) in [5.41, 5.74) is 11.0. The second-order valence-corrected chi connectivity index (χ2v) is 9.82. The number of benzene rings is 1. The van der Waals surface area contributed by atoms with E-state index < -0.39 is 0 Å². The van der Waals surface area contributed by atoms with Crippen LogP contribution >= 0.6 is 0 Å². The van der Waals surface area contributed by atoms with Crippen molar-refractivity contribution in [1.29, 1.82) is 0 Å². The van der Waals surface area contributed by atoms with Gasteiger partial charge in [0.05, 0.1) is 12.1 Å². The number of nitrogens with two attached hydrogens (primary N) is 1. The van der Waals surface area contributed by atoms with Crippen LogP contribution in [-0.4, -0.2) is 57.3 Å². The van der Waals surface area contributed by atoms with Crippen molar-refractivity contribution >= 4 is 16.6 Å². The smallest absolute Gasteiger partial charge is 0.187 e. The number of fused-ring (bicyclic) bond motifs is 2. The van der Waals surface area contributed by atoms with Gasteiger partial charge in [0.15, 0.2) is 11.5 Å². The predicted octanol–water partition coefficient (Wildman–Crippen LogP) is 3.96. The van der Waals surface area contributed by atoms with Gasteiger partial charge in [-0.3, -0.25) is 9.30 Å². The zero-order valence-corrected chi connectivity index (χ0v) is 19.8. The Kier molecular flexibility index (Phi) is 5.64. The molecule has 7 heteroatoms. The maximum atomic E-state index is 6.14. The Morgan fingerprint density at radius 2 is 2.00 bits per heavy atom. The molecule has 4 aromatic rings. The van der Waals surface area contributed by atoms with Crippen molar-refractivity contribution in [2.24, 2.45) is 5.73 Å². The molecule has 1 aromatic carbocycles. The quantitative estimate of drug-likeness (QED) is 0.485. The molecule has 4 heterocycles. The van der Waals surface area contributed by atoms with E-state index in [1.807, 2.05) is 12.1 Å². The highest BCUT2D eigenvalue weighted by atomic mass is 16.5. The van der Waals surface area contributed by atoms with Crippen LogP contribution in [0.15, 0.2) is 48.7 Å². The van der Waals surface area contributed by atoms with Crippen LogP contribution in [0.2, 0.25) is 0 Å². The number of aromatic nitrogens is 4. The highest BCUT2D eigenvalue weighted by molar-refractivity contribution is 5.85. The number of likely N-dealkylation sites (tertiary alicyclic amines) is 1. The Bertz CT molecular complexity index is 1300. The fraction of sp³-hybridized carbons (Fsp3) is 0.423. The third-order valence-corrected chi connectivity index (χ3v) is 6.90. The topological polar surface area (TPSA) is 81.6 Å². The minimum Gasteiger partial charge on any atom is -0.384 e. The Hall–Kier alpha value is -2.87. The van der Waals surface area contributed by atoms with Crippen LogP contribution in [0.1, 0.15) is 44.4 Å². The summed E-state index contributed by atoms with van der Waals surface area (Å²) >= 11 is 0. The lowest BCUT2D eigenvalue weighted by Gasteiger charge is -2.25. The zero-order valence-electron chi connectivity index (χ0n) is 19.8. The van der Waals surface area contributed by atoms with Gasteiger partial charge in [-0.2, -0.15) is 0 Å². The van der Waals surface area contributed by atoms with Crippen LogP contribution in [-0.2, 0) is 10.2 Å². The molecule has 2 N–H and O–H groups in total. The molecule has 172 valence electrons. The summed E-state index contributed by atoms with van der Waals surface area (Å²) in [5, 5.41) is 10.0. The van der Waals surface area contributed by atoms with E-state index in [9.17, 15) is 0 Å². The van der Waals surface area contributed by atoms with Crippen LogP contribution < -0.4 is 5.73 Å². The number of hydrogen-bond acceptors (Lipinski definition) is 6. The highest BCUT2D eigenvalue weighted by Gasteiger charge is 2.26. The lowest BCUT2D eigenvalue weighted by atomic mass is 9.84. The van der Waals surface area contributed by atoms with E-state index in [0.29, 0.717) is 6.61 Å². The monoisotopic (exact) mass is 444 g/mol. The molecule has 1 fully saturated rings. The van der Waals surface area contributed by atoms with Crippen molar-refractivity contribution < 1.29 is 4.74 Å². The van der Waals surface area contributed by atoms with Gasteiger partial charge in [0.25, 0.3) is 0 Å². The summed E-state index contributed by atoms with van der Waals surface area (Å²) in [7, 11) is 1.74. The van der Waals surface area contributed by atoms with E-state index in [1.54, 1.807) is 7.11 Å². The first-order valence-electron chi connectivity index (χ1n) is 11.6. The van der Waals surface area contributed by atoms with E-state index >= 15 is 0 Å². The summed E-state index contributed by atoms with van der Waals surface area (Å²) in [6.07, 6.45) is 3.19. The summed E-state index contributed by atoms with van der Waals surface area (Å²) in [5.74, 6) is 0.749. The second kappa shape index (κ2) is 8.48. The Labute approximate surface area is 194 Å². The van der Waals surface area contributed by atoms with E-state index in [1.165, 1.54) is 5.56 Å². The summed E-state index contributed by atoms with van der Waals surface area (Å²) in [6, 6.07) is 15.2. The maximum absolute atomic E-state index is 6.14. The first-order chi connectivity index (χ1) is 15.9. The second-order valence-electron chi connectivity index (χ2n) is 9.82. The molecule has 0 aliphatic carbocycles. The van der Waals surface area contributed by atoms with Crippen LogP contribution in [0.25, 0.3) is 28.1 Å². The van der Waals surface area contributed by atoms with E-state index in [4.69, 9.17) is 15.5 Å². The normalized spacial score (nSPS) is 18.4. The summed E-state index contributed by atoms with van der Waals surface area (Å²) < 4.78 is 7.54. The number of ether oxygens (including phenoxy) is 1. The van der Waals surface area contributed by atoms with Crippen molar-refractivity contribution in [2.75, 3.05) is 26.8 Å². The van der Waals surface area contributed by atoms with Gasteiger partial charge in [-0.25, -0.2) is 4.98 Å². The van der Waals surface area contributed by atoms with Crippen molar-refractivity contribution in [3.63, 3.8) is 0 Å². The zero-order chi connectivity index (χ0) is 23.2. The van der Waals surface area contributed by atoms with Gasteiger partial charge >= 0.3 is 0 Å². The molecule has 7 nitrogen and oxygen atoms in total. The van der Waals surface area contributed by atoms with Gasteiger partial charge in [-0.15, -0.1) is 10.2 Å². The average Bonchev–Trinajstić information content (AvgIpc) is 3.43. The number of pyridine rings is 2. The largest absolute Gasteiger partial charge is 0.384 e. The molecule has 33 heavy (non-hydrogen) atoms. The van der Waals surface area contributed by atoms with Gasteiger partial charge in [0.1, 0.15) is 5.69 Å². The van der Waals surface area contributed by atoms with Crippen LogP contribution in [0.3, 0.4) is 0 Å². The van der Waals surface area contributed by atoms with Gasteiger partial charge in [0.2, 0.25) is 0 Å². The molecular weight excluding hydrogens is 412 g/mol. The minimum atomic E-state index is -0.161. The molecule has 0 amide bonds. The van der Waals surface area contributed by atoms with Crippen molar-refractivity contribution in [3.05, 3.63) is 59.8 Å². The molecule has 1 aliphatic heterocycles. The molecule has 3 aromatic heterocycles. The fourth-order valence-electron chi connectivity index (χ4n) is 4.96. The number of nitrogens with zero attached hydrogens (tertiary/aromatic N) is 5. The van der Waals surface area contributed by atoms with Gasteiger partial charge in [-0.1, -0.05) is 44.2 Å². The highest BCUT2D eigenvalue weighted by Crippen LogP contribution is 2.32. The van der Waals surface area contributed by atoms with Crippen LogP contribution in [0.4, 0.5) is 0 Å². The minimum absolute atomic E-state index is 0.161. The molecule has 5 rings (SSSR count). The molecule has 0 radical (unpaired) electrons. The lowest BCUT2D eigenvalue weighted by molar-refractivity contribution is 0.147. The molecule has 2 atom stereocenters. The predicted molar refractivity (Wildman–Crippen MR) is 131 cm³/mol. The molecule has 0 spiro atoms. The van der Waals surface area contributed by atoms with Gasteiger partial charge in [0, 0.05) is 49.3 Å². The van der Waals surface area contributed by atoms with Crippen LogP contribution in [0, 0.1) is 0 Å². The van der Waals surface area contributed by atoms with Crippen molar-refractivity contribution in [2.45, 2.75) is 44.7 Å². The molecule has 0 saturated carbocycles. The molecule has 0 bridgehead atoms. The summed E-state index contributed by atoms with van der Waals surface area (Å²) in [4.78, 5) is 7.51. The van der Waals surface area contributed by atoms with E-state index in [0.717, 1.165) is 53.1 Å². The lowest BCUT2D eigenvalue weighted by Crippen LogP contribution is -2.28. The number of rotatable bonds is 6. The third-order valence-electron chi connectivity index (χ3n) is 6.90. The van der Waals surface area contributed by atoms with Gasteiger partial charge in [-0.05, 0) is 36.6 Å². The number of para-hydroxylation sites is 1. The van der Waals surface area contributed by atoms with Gasteiger partial charge < -0.3 is 10.5 Å². The van der Waals surface area contributed by atoms with Crippen molar-refractivity contribution in [3.8, 4) is 11.5 Å². The molecule has 1 saturated heterocycles. The molecular formula is C26H32N6O. The van der Waals surface area contributed by atoms with E-state index in [2.05, 4.69) is 76.8 Å². The first-order valence-corrected chi connectivity index (χ1v) is 11.6. The number of methoxy groups -OCH3 is 1. The summed E-state index contributed by atoms with van der Waals surface area (Å²) in [6.45, 7) is 9.19. The Morgan fingerprint density at radius 1 is 1.15 bits per heavy atom. The fourth-order valence-corrected chi connectivity index (χ4v) is 4.96. The van der Waals surface area contributed by atoms with Crippen LogP contribution in [0.5, 0.6) is 0 Å². The van der Waals surface area contributed by atoms with E-state index in [-0.39, 0.29) is 17.5 Å². The molecule has 1 aliphatic rings. The standard InChI is InChI=1S/C26H32N6O/c1-17(31-13-12-20(27)15-31)19-9-11-23-29-30-25(32(23)14-19)22-10-8-18-6-5-7-21(24(18)28-22)26(2,3)16-33-4/h5-11,14,17,20H,12-13,15-16,27H2,1-4H3/t17-,20-/m0/s1. The Morgan fingerprint density at radius 3 is 2.76 bits per heavy atom. The molecule has 0 unspecified atom stereocenters. The number of hydrogen-bond donors (Lipinski definition) is 1. The van der Waals surface area contributed by atoms with Crippen molar-refractivity contribution in [1.82, 2.24) is 24.5 Å².